The quantitative estimate of drug-likeness (QED) is 0.808. The van der Waals surface area contributed by atoms with Gasteiger partial charge in [0.2, 0.25) is 0 Å². The van der Waals surface area contributed by atoms with Gasteiger partial charge in [0, 0.05) is 6.54 Å². The van der Waals surface area contributed by atoms with Crippen LogP contribution in [0, 0.1) is 0 Å². The molecule has 0 bridgehead atoms. The first-order valence-electron chi connectivity index (χ1n) is 6.18. The van der Waals surface area contributed by atoms with E-state index in [9.17, 15) is 9.59 Å². The fraction of sp³-hybridized carbons (Fsp3) is 0.385. The van der Waals surface area contributed by atoms with E-state index in [0.717, 1.165) is 12.1 Å². The Hall–Kier alpha value is -2.24. The molecule has 1 aliphatic rings. The van der Waals surface area contributed by atoms with Crippen molar-refractivity contribution in [2.75, 3.05) is 19.1 Å². The summed E-state index contributed by atoms with van der Waals surface area (Å²) in [6.07, 6.45) is 0.994. The third kappa shape index (κ3) is 3.15. The van der Waals surface area contributed by atoms with Crippen LogP contribution in [0.1, 0.15) is 12.8 Å². The van der Waals surface area contributed by atoms with Crippen LogP contribution >= 0.6 is 0 Å². The topological polar surface area (TPSA) is 70.7 Å². The van der Waals surface area contributed by atoms with Crippen molar-refractivity contribution >= 4 is 17.7 Å². The minimum atomic E-state index is -0.469. The number of hydrogen-bond acceptors (Lipinski definition) is 4. The highest BCUT2D eigenvalue weighted by molar-refractivity contribution is 5.86. The van der Waals surface area contributed by atoms with E-state index in [1.165, 1.54) is 12.0 Å². The number of amides is 2. The second-order valence-corrected chi connectivity index (χ2v) is 4.30. The molecule has 2 rings (SSSR count). The molecule has 1 saturated heterocycles. The Labute approximate surface area is 111 Å². The minimum absolute atomic E-state index is 0.230. The second kappa shape index (κ2) is 6.08. The number of likely N-dealkylation sites (tertiary alicyclic amines) is 1. The van der Waals surface area contributed by atoms with Crippen LogP contribution in [0.25, 0.3) is 0 Å². The molecule has 0 aliphatic carbocycles. The Morgan fingerprint density at radius 3 is 2.74 bits per heavy atom. The minimum Gasteiger partial charge on any atom is -0.453 e. The SMILES string of the molecule is COC(=O)N1CCCC1C(=O)NNc1ccccc1. The summed E-state index contributed by atoms with van der Waals surface area (Å²) in [7, 11) is 1.32. The normalized spacial score (nSPS) is 17.9. The molecule has 1 atom stereocenters. The number of hydrazine groups is 1. The third-order valence-electron chi connectivity index (χ3n) is 3.07. The Morgan fingerprint density at radius 2 is 2.05 bits per heavy atom. The van der Waals surface area contributed by atoms with E-state index in [-0.39, 0.29) is 5.91 Å². The zero-order valence-electron chi connectivity index (χ0n) is 10.8. The molecule has 0 radical (unpaired) electrons. The van der Waals surface area contributed by atoms with E-state index in [1.807, 2.05) is 30.3 Å². The van der Waals surface area contributed by atoms with Gasteiger partial charge in [-0.05, 0) is 25.0 Å². The summed E-state index contributed by atoms with van der Waals surface area (Å²) in [4.78, 5) is 25.0. The number of methoxy groups -OCH3 is 1. The third-order valence-corrected chi connectivity index (χ3v) is 3.07. The van der Waals surface area contributed by atoms with Gasteiger partial charge in [-0.25, -0.2) is 4.79 Å². The fourth-order valence-corrected chi connectivity index (χ4v) is 2.11. The molecule has 0 spiro atoms. The van der Waals surface area contributed by atoms with Crippen molar-refractivity contribution in [3.05, 3.63) is 30.3 Å². The van der Waals surface area contributed by atoms with Gasteiger partial charge in [-0.3, -0.25) is 20.5 Å². The maximum Gasteiger partial charge on any atom is 0.410 e. The van der Waals surface area contributed by atoms with Crippen LogP contribution in [0.4, 0.5) is 10.5 Å². The van der Waals surface area contributed by atoms with E-state index in [1.54, 1.807) is 0 Å². The molecule has 19 heavy (non-hydrogen) atoms. The van der Waals surface area contributed by atoms with Gasteiger partial charge >= 0.3 is 6.09 Å². The highest BCUT2D eigenvalue weighted by Gasteiger charge is 2.34. The van der Waals surface area contributed by atoms with Gasteiger partial charge < -0.3 is 4.74 Å². The summed E-state index contributed by atoms with van der Waals surface area (Å²) >= 11 is 0. The number of benzene rings is 1. The molecule has 2 amide bonds. The first-order chi connectivity index (χ1) is 9.22. The van der Waals surface area contributed by atoms with Gasteiger partial charge in [-0.1, -0.05) is 18.2 Å². The zero-order valence-corrected chi connectivity index (χ0v) is 10.8. The zero-order chi connectivity index (χ0) is 13.7. The van der Waals surface area contributed by atoms with Crippen molar-refractivity contribution in [3.63, 3.8) is 0 Å². The lowest BCUT2D eigenvalue weighted by Gasteiger charge is -2.22. The average molecular weight is 263 g/mol. The summed E-state index contributed by atoms with van der Waals surface area (Å²) in [5.74, 6) is -0.230. The number of ether oxygens (including phenoxy) is 1. The van der Waals surface area contributed by atoms with Crippen LogP contribution in [-0.4, -0.2) is 36.6 Å². The molecule has 1 heterocycles. The van der Waals surface area contributed by atoms with Gasteiger partial charge in [0.25, 0.3) is 5.91 Å². The predicted molar refractivity (Wildman–Crippen MR) is 70.3 cm³/mol. The fourth-order valence-electron chi connectivity index (χ4n) is 2.11. The van der Waals surface area contributed by atoms with E-state index < -0.39 is 12.1 Å². The largest absolute Gasteiger partial charge is 0.453 e. The molecule has 1 aromatic carbocycles. The molecular formula is C13H17N3O3. The van der Waals surface area contributed by atoms with Crippen LogP contribution in [0.3, 0.4) is 0 Å². The molecule has 0 aromatic heterocycles. The van der Waals surface area contributed by atoms with Crippen LogP contribution in [0.2, 0.25) is 0 Å². The highest BCUT2D eigenvalue weighted by atomic mass is 16.5. The summed E-state index contributed by atoms with van der Waals surface area (Å²) in [5.41, 5.74) is 6.22. The molecular weight excluding hydrogens is 246 g/mol. The first-order valence-corrected chi connectivity index (χ1v) is 6.18. The summed E-state index contributed by atoms with van der Waals surface area (Å²) in [5, 5.41) is 0. The molecule has 6 heteroatoms. The van der Waals surface area contributed by atoms with Gasteiger partial charge in [0.1, 0.15) is 6.04 Å². The molecule has 6 nitrogen and oxygen atoms in total. The summed E-state index contributed by atoms with van der Waals surface area (Å²) < 4.78 is 4.66. The standard InChI is InChI=1S/C13H17N3O3/c1-19-13(18)16-9-5-8-11(16)12(17)15-14-10-6-3-2-4-7-10/h2-4,6-7,11,14H,5,8-9H2,1H3,(H,15,17). The molecule has 2 N–H and O–H groups in total. The number of nitrogens with zero attached hydrogens (tertiary/aromatic N) is 1. The summed E-state index contributed by atoms with van der Waals surface area (Å²) in [6.45, 7) is 0.552. The first kappa shape index (κ1) is 13.2. The van der Waals surface area contributed by atoms with Crippen LogP contribution < -0.4 is 10.9 Å². The van der Waals surface area contributed by atoms with Crippen molar-refractivity contribution in [1.82, 2.24) is 10.3 Å². The van der Waals surface area contributed by atoms with Crippen LogP contribution in [-0.2, 0) is 9.53 Å². The molecule has 1 unspecified atom stereocenters. The van der Waals surface area contributed by atoms with E-state index in [2.05, 4.69) is 15.6 Å². The van der Waals surface area contributed by atoms with E-state index in [4.69, 9.17) is 0 Å². The lowest BCUT2D eigenvalue weighted by atomic mass is 10.2. The average Bonchev–Trinajstić information content (AvgIpc) is 2.94. The maximum atomic E-state index is 12.0. The Kier molecular flexibility index (Phi) is 4.22. The number of para-hydroxylation sites is 1. The number of nitrogens with one attached hydrogen (secondary N) is 2. The Balaban J connectivity index is 1.90. The van der Waals surface area contributed by atoms with Gasteiger partial charge in [-0.15, -0.1) is 0 Å². The predicted octanol–water partition coefficient (Wildman–Crippen LogP) is 1.36. The van der Waals surface area contributed by atoms with Crippen molar-refractivity contribution in [2.45, 2.75) is 18.9 Å². The smallest absolute Gasteiger partial charge is 0.410 e. The number of rotatable bonds is 3. The van der Waals surface area contributed by atoms with E-state index in [0.29, 0.717) is 13.0 Å². The van der Waals surface area contributed by atoms with E-state index >= 15 is 0 Å². The maximum absolute atomic E-state index is 12.0. The molecule has 1 aromatic rings. The van der Waals surface area contributed by atoms with Crippen molar-refractivity contribution < 1.29 is 14.3 Å². The van der Waals surface area contributed by atoms with Gasteiger partial charge in [-0.2, -0.15) is 0 Å². The number of anilines is 1. The number of carbonyl (C=O) groups excluding carboxylic acids is 2. The lowest BCUT2D eigenvalue weighted by molar-refractivity contribution is -0.124. The highest BCUT2D eigenvalue weighted by Crippen LogP contribution is 2.18. The monoisotopic (exact) mass is 263 g/mol. The van der Waals surface area contributed by atoms with Crippen LogP contribution in [0.5, 0.6) is 0 Å². The number of carbonyl (C=O) groups is 2. The summed E-state index contributed by atoms with van der Waals surface area (Å²) in [6, 6.07) is 8.84. The molecule has 1 aliphatic heterocycles. The van der Waals surface area contributed by atoms with Gasteiger partial charge in [0.05, 0.1) is 12.8 Å². The lowest BCUT2D eigenvalue weighted by Crippen LogP contribution is -2.47. The van der Waals surface area contributed by atoms with Gasteiger partial charge in [0.15, 0.2) is 0 Å². The Morgan fingerprint density at radius 1 is 1.32 bits per heavy atom. The molecule has 102 valence electrons. The molecule has 1 fully saturated rings. The Bertz CT molecular complexity index is 450. The van der Waals surface area contributed by atoms with Crippen LogP contribution in [0.15, 0.2) is 30.3 Å². The second-order valence-electron chi connectivity index (χ2n) is 4.30. The van der Waals surface area contributed by atoms with Crippen molar-refractivity contribution in [3.8, 4) is 0 Å². The van der Waals surface area contributed by atoms with Crippen molar-refractivity contribution in [1.29, 1.82) is 0 Å². The molecule has 0 saturated carbocycles. The van der Waals surface area contributed by atoms with Crippen molar-refractivity contribution in [2.24, 2.45) is 0 Å². The number of hydrogen-bond donors (Lipinski definition) is 2.